The fourth-order valence-corrected chi connectivity index (χ4v) is 2.88. The molecular weight excluding hydrogens is 278 g/mol. The van der Waals surface area contributed by atoms with Crippen molar-refractivity contribution in [1.29, 1.82) is 0 Å². The highest BCUT2D eigenvalue weighted by Crippen LogP contribution is 2.30. The Morgan fingerprint density at radius 3 is 2.55 bits per heavy atom. The largest absolute Gasteiger partial charge is 0.462 e. The zero-order valence-electron chi connectivity index (χ0n) is 11.2. The number of sulfone groups is 1. The first kappa shape index (κ1) is 14.3. The van der Waals surface area contributed by atoms with Gasteiger partial charge in [-0.1, -0.05) is 18.2 Å². The molecule has 1 aromatic carbocycles. The van der Waals surface area contributed by atoms with Gasteiger partial charge >= 0.3 is 5.97 Å². The van der Waals surface area contributed by atoms with Crippen LogP contribution in [0.2, 0.25) is 0 Å². The van der Waals surface area contributed by atoms with E-state index in [1.54, 1.807) is 31.3 Å². The van der Waals surface area contributed by atoms with Crippen molar-refractivity contribution in [3.05, 3.63) is 42.2 Å². The minimum absolute atomic E-state index is 0.185. The van der Waals surface area contributed by atoms with Crippen LogP contribution < -0.4 is 0 Å². The van der Waals surface area contributed by atoms with E-state index in [0.717, 1.165) is 6.26 Å². The van der Waals surface area contributed by atoms with Crippen LogP contribution in [0.25, 0.3) is 11.1 Å². The van der Waals surface area contributed by atoms with Crippen molar-refractivity contribution in [2.24, 2.45) is 0 Å². The molecule has 1 heterocycles. The number of H-pyrrole nitrogens is 1. The van der Waals surface area contributed by atoms with Gasteiger partial charge in [0.2, 0.25) is 0 Å². The maximum absolute atomic E-state index is 11.9. The van der Waals surface area contributed by atoms with Crippen LogP contribution in [0.1, 0.15) is 17.3 Å². The van der Waals surface area contributed by atoms with Gasteiger partial charge in [0.15, 0.2) is 9.84 Å². The lowest BCUT2D eigenvalue weighted by Crippen LogP contribution is -2.06. The average molecular weight is 293 g/mol. The Morgan fingerprint density at radius 2 is 1.90 bits per heavy atom. The molecule has 0 bridgehead atoms. The third-order valence-corrected chi connectivity index (χ3v) is 3.97. The maximum atomic E-state index is 11.9. The lowest BCUT2D eigenvalue weighted by atomic mass is 10.0. The Kier molecular flexibility index (Phi) is 3.94. The molecule has 0 radical (unpaired) electrons. The van der Waals surface area contributed by atoms with E-state index < -0.39 is 15.8 Å². The second kappa shape index (κ2) is 5.50. The van der Waals surface area contributed by atoms with Crippen LogP contribution in [0.5, 0.6) is 0 Å². The Bertz CT molecular complexity index is 731. The van der Waals surface area contributed by atoms with Crippen molar-refractivity contribution in [2.75, 3.05) is 12.9 Å². The van der Waals surface area contributed by atoms with Crippen molar-refractivity contribution in [2.45, 2.75) is 11.8 Å². The molecule has 5 nitrogen and oxygen atoms in total. The molecule has 0 aliphatic heterocycles. The minimum Gasteiger partial charge on any atom is -0.462 e. The molecule has 2 aromatic rings. The Labute approximate surface area is 117 Å². The summed E-state index contributed by atoms with van der Waals surface area (Å²) >= 11 is 0. The van der Waals surface area contributed by atoms with Gasteiger partial charge in [-0.25, -0.2) is 13.2 Å². The highest BCUT2D eigenvalue weighted by Gasteiger charge is 2.20. The minimum atomic E-state index is -3.38. The van der Waals surface area contributed by atoms with E-state index in [2.05, 4.69) is 4.98 Å². The number of hydrogen-bond donors (Lipinski definition) is 1. The molecule has 0 saturated heterocycles. The summed E-state index contributed by atoms with van der Waals surface area (Å²) in [6, 6.07) is 6.57. The number of benzene rings is 1. The first-order valence-electron chi connectivity index (χ1n) is 6.08. The molecule has 0 saturated carbocycles. The third-order valence-electron chi connectivity index (χ3n) is 2.82. The zero-order chi connectivity index (χ0) is 14.8. The van der Waals surface area contributed by atoms with Crippen LogP contribution in [-0.2, 0) is 14.6 Å². The van der Waals surface area contributed by atoms with E-state index in [0.29, 0.717) is 16.7 Å². The normalized spacial score (nSPS) is 11.3. The zero-order valence-corrected chi connectivity index (χ0v) is 12.0. The molecule has 0 spiro atoms. The third kappa shape index (κ3) is 2.75. The van der Waals surface area contributed by atoms with Gasteiger partial charge in [-0.05, 0) is 13.0 Å². The molecule has 1 N–H and O–H groups in total. The standard InChI is InChI=1S/C14H15NO4S/c1-3-19-14(16)12-9-15-8-11(12)10-6-4-5-7-13(10)20(2,17)18/h4-9,15H,3H2,1-2H3. The summed E-state index contributed by atoms with van der Waals surface area (Å²) in [5.74, 6) is -0.480. The van der Waals surface area contributed by atoms with Crippen LogP contribution >= 0.6 is 0 Å². The van der Waals surface area contributed by atoms with Crippen LogP contribution in [0, 0.1) is 0 Å². The van der Waals surface area contributed by atoms with Crippen LogP contribution in [0.3, 0.4) is 0 Å². The van der Waals surface area contributed by atoms with E-state index in [1.165, 1.54) is 12.3 Å². The topological polar surface area (TPSA) is 76.2 Å². The number of aromatic amines is 1. The monoisotopic (exact) mass is 293 g/mol. The summed E-state index contributed by atoms with van der Waals surface area (Å²) in [4.78, 5) is 14.9. The van der Waals surface area contributed by atoms with Crippen molar-refractivity contribution < 1.29 is 17.9 Å². The van der Waals surface area contributed by atoms with Gasteiger partial charge in [0.05, 0.1) is 17.1 Å². The molecule has 0 aliphatic carbocycles. The van der Waals surface area contributed by atoms with E-state index in [-0.39, 0.29) is 11.5 Å². The van der Waals surface area contributed by atoms with Crippen molar-refractivity contribution >= 4 is 15.8 Å². The predicted molar refractivity (Wildman–Crippen MR) is 75.3 cm³/mol. The van der Waals surface area contributed by atoms with E-state index in [9.17, 15) is 13.2 Å². The number of carbonyl (C=O) groups is 1. The number of aromatic nitrogens is 1. The van der Waals surface area contributed by atoms with Crippen LogP contribution in [0.4, 0.5) is 0 Å². The fourth-order valence-electron chi connectivity index (χ4n) is 1.98. The summed E-state index contributed by atoms with van der Waals surface area (Å²) in [5.41, 5.74) is 1.33. The van der Waals surface area contributed by atoms with Crippen molar-refractivity contribution in [3.63, 3.8) is 0 Å². The lowest BCUT2D eigenvalue weighted by molar-refractivity contribution is 0.0527. The molecule has 0 aliphatic rings. The molecule has 1 aromatic heterocycles. The van der Waals surface area contributed by atoms with Gasteiger partial charge in [-0.2, -0.15) is 0 Å². The van der Waals surface area contributed by atoms with Crippen LogP contribution in [-0.4, -0.2) is 32.2 Å². The molecule has 0 unspecified atom stereocenters. The summed E-state index contributed by atoms with van der Waals surface area (Å²) < 4.78 is 28.6. The first-order valence-corrected chi connectivity index (χ1v) is 7.97. The van der Waals surface area contributed by atoms with Gasteiger partial charge in [-0.15, -0.1) is 0 Å². The van der Waals surface area contributed by atoms with Gasteiger partial charge in [0.25, 0.3) is 0 Å². The predicted octanol–water partition coefficient (Wildman–Crippen LogP) is 2.26. The van der Waals surface area contributed by atoms with Gasteiger partial charge in [0.1, 0.15) is 0 Å². The highest BCUT2D eigenvalue weighted by atomic mass is 32.2. The van der Waals surface area contributed by atoms with E-state index >= 15 is 0 Å². The Hall–Kier alpha value is -2.08. The SMILES string of the molecule is CCOC(=O)c1c[nH]cc1-c1ccccc1S(C)(=O)=O. The van der Waals surface area contributed by atoms with E-state index in [4.69, 9.17) is 4.74 Å². The van der Waals surface area contributed by atoms with Gasteiger partial charge < -0.3 is 9.72 Å². The molecule has 0 fully saturated rings. The summed E-state index contributed by atoms with van der Waals surface area (Å²) in [6.07, 6.45) is 4.24. The van der Waals surface area contributed by atoms with Crippen molar-refractivity contribution in [1.82, 2.24) is 4.98 Å². The first-order chi connectivity index (χ1) is 9.45. The molecule has 20 heavy (non-hydrogen) atoms. The van der Waals surface area contributed by atoms with Gasteiger partial charge in [-0.3, -0.25) is 0 Å². The average Bonchev–Trinajstić information content (AvgIpc) is 2.87. The number of carbonyl (C=O) groups excluding carboxylic acids is 1. The number of hydrogen-bond acceptors (Lipinski definition) is 4. The molecule has 2 rings (SSSR count). The number of nitrogens with one attached hydrogen (secondary N) is 1. The molecule has 0 atom stereocenters. The Balaban J connectivity index is 2.60. The van der Waals surface area contributed by atoms with Crippen LogP contribution in [0.15, 0.2) is 41.6 Å². The second-order valence-electron chi connectivity index (χ2n) is 4.27. The summed E-state index contributed by atoms with van der Waals surface area (Å²) in [5, 5.41) is 0. The lowest BCUT2D eigenvalue weighted by Gasteiger charge is -2.08. The van der Waals surface area contributed by atoms with Crippen molar-refractivity contribution in [3.8, 4) is 11.1 Å². The molecule has 106 valence electrons. The number of esters is 1. The smallest absolute Gasteiger partial charge is 0.340 e. The maximum Gasteiger partial charge on any atom is 0.340 e. The highest BCUT2D eigenvalue weighted by molar-refractivity contribution is 7.90. The van der Waals surface area contributed by atoms with Gasteiger partial charge in [0, 0.05) is 29.8 Å². The Morgan fingerprint density at radius 1 is 1.20 bits per heavy atom. The fraction of sp³-hybridized carbons (Fsp3) is 0.214. The molecular formula is C14H15NO4S. The number of rotatable bonds is 4. The number of ether oxygens (including phenoxy) is 1. The molecule has 0 amide bonds. The summed E-state index contributed by atoms with van der Waals surface area (Å²) in [7, 11) is -3.38. The second-order valence-corrected chi connectivity index (χ2v) is 6.26. The quantitative estimate of drug-likeness (QED) is 0.877. The summed E-state index contributed by atoms with van der Waals surface area (Å²) in [6.45, 7) is 1.98. The molecule has 6 heteroatoms. The van der Waals surface area contributed by atoms with E-state index in [1.807, 2.05) is 0 Å².